The summed E-state index contributed by atoms with van der Waals surface area (Å²) in [6.45, 7) is 6.80. The summed E-state index contributed by atoms with van der Waals surface area (Å²) in [6, 6.07) is 7.34. The summed E-state index contributed by atoms with van der Waals surface area (Å²) in [5.74, 6) is 0. The number of thiazole rings is 1. The summed E-state index contributed by atoms with van der Waals surface area (Å²) in [5.41, 5.74) is 11.8. The predicted molar refractivity (Wildman–Crippen MR) is 103 cm³/mol. The average Bonchev–Trinajstić information content (AvgIpc) is 3.05. The van der Waals surface area contributed by atoms with Crippen LogP contribution in [0.4, 0.5) is 5.13 Å². The molecule has 24 heavy (non-hydrogen) atoms. The Kier molecular flexibility index (Phi) is 4.13. The molecule has 0 saturated carbocycles. The minimum Gasteiger partial charge on any atom is -0.348 e. The lowest BCUT2D eigenvalue weighted by Crippen LogP contribution is -2.39. The molecule has 1 aromatic heterocycles. The zero-order valence-electron chi connectivity index (χ0n) is 14.7. The van der Waals surface area contributed by atoms with Crippen molar-refractivity contribution in [2.75, 3.05) is 18.0 Å². The molecule has 1 aliphatic carbocycles. The zero-order valence-corrected chi connectivity index (χ0v) is 15.5. The highest BCUT2D eigenvalue weighted by Crippen LogP contribution is 2.39. The highest BCUT2D eigenvalue weighted by atomic mass is 32.1. The number of hydrogen-bond acceptors (Lipinski definition) is 4. The van der Waals surface area contributed by atoms with E-state index < -0.39 is 0 Å². The molecule has 2 N–H and O–H groups in total. The van der Waals surface area contributed by atoms with E-state index in [1.54, 1.807) is 11.3 Å². The Morgan fingerprint density at radius 1 is 1.25 bits per heavy atom. The minimum absolute atomic E-state index is 0.311. The second-order valence-electron chi connectivity index (χ2n) is 7.95. The third-order valence-electron chi connectivity index (χ3n) is 5.68. The van der Waals surface area contributed by atoms with Crippen LogP contribution in [-0.2, 0) is 11.8 Å². The van der Waals surface area contributed by atoms with Gasteiger partial charge in [-0.25, -0.2) is 4.98 Å². The van der Waals surface area contributed by atoms with Gasteiger partial charge in [-0.3, -0.25) is 0 Å². The van der Waals surface area contributed by atoms with Crippen molar-refractivity contribution < 1.29 is 0 Å². The molecule has 2 aromatic rings. The maximum atomic E-state index is 6.01. The van der Waals surface area contributed by atoms with Gasteiger partial charge >= 0.3 is 0 Å². The fourth-order valence-corrected chi connectivity index (χ4v) is 5.00. The number of benzene rings is 1. The van der Waals surface area contributed by atoms with Crippen LogP contribution >= 0.6 is 11.3 Å². The maximum Gasteiger partial charge on any atom is 0.185 e. The van der Waals surface area contributed by atoms with Gasteiger partial charge in [0, 0.05) is 30.1 Å². The van der Waals surface area contributed by atoms with Crippen LogP contribution in [0.15, 0.2) is 23.6 Å². The number of aromatic nitrogens is 1. The van der Waals surface area contributed by atoms with Crippen LogP contribution in [0.1, 0.15) is 50.7 Å². The first kappa shape index (κ1) is 16.1. The summed E-state index contributed by atoms with van der Waals surface area (Å²) in [6.07, 6.45) is 5.93. The Morgan fingerprint density at radius 2 is 2.04 bits per heavy atom. The van der Waals surface area contributed by atoms with E-state index in [0.29, 0.717) is 11.5 Å². The van der Waals surface area contributed by atoms with Gasteiger partial charge in [0.25, 0.3) is 0 Å². The summed E-state index contributed by atoms with van der Waals surface area (Å²) in [7, 11) is 0. The van der Waals surface area contributed by atoms with E-state index in [1.165, 1.54) is 36.0 Å². The number of fused-ring (bicyclic) bond motifs is 1. The van der Waals surface area contributed by atoms with Crippen molar-refractivity contribution >= 4 is 16.5 Å². The third-order valence-corrected chi connectivity index (χ3v) is 6.58. The number of piperidine rings is 1. The Hall–Kier alpha value is -1.39. The first-order chi connectivity index (χ1) is 11.5. The molecule has 1 aliphatic heterocycles. The average molecular weight is 342 g/mol. The lowest BCUT2D eigenvalue weighted by Gasteiger charge is -2.32. The van der Waals surface area contributed by atoms with Crippen molar-refractivity contribution in [3.8, 4) is 11.3 Å². The normalized spacial score (nSPS) is 20.9. The molecule has 4 rings (SSSR count). The molecule has 2 aliphatic rings. The second kappa shape index (κ2) is 6.16. The van der Waals surface area contributed by atoms with Gasteiger partial charge in [-0.1, -0.05) is 26.0 Å². The Morgan fingerprint density at radius 3 is 2.83 bits per heavy atom. The van der Waals surface area contributed by atoms with Crippen LogP contribution in [-0.4, -0.2) is 24.1 Å². The topological polar surface area (TPSA) is 42.1 Å². The number of aryl methyl sites for hydroxylation is 1. The predicted octanol–water partition coefficient (Wildman–Crippen LogP) is 4.35. The van der Waals surface area contributed by atoms with Gasteiger partial charge in [-0.15, -0.1) is 11.3 Å². The standard InChI is InChI=1S/C20H27N3S/c1-20(2)9-3-4-14-12-15(5-6-17(14)20)18-13-24-19(22-18)23-10-7-16(21)8-11-23/h5-6,12-13,16H,3-4,7-11,21H2,1-2H3. The summed E-state index contributed by atoms with van der Waals surface area (Å²) < 4.78 is 0. The molecule has 3 nitrogen and oxygen atoms in total. The van der Waals surface area contributed by atoms with Gasteiger partial charge in [-0.05, 0) is 54.7 Å². The van der Waals surface area contributed by atoms with Crippen LogP contribution in [0.3, 0.4) is 0 Å². The largest absolute Gasteiger partial charge is 0.348 e. The van der Waals surface area contributed by atoms with Crippen molar-refractivity contribution in [3.63, 3.8) is 0 Å². The van der Waals surface area contributed by atoms with Crippen molar-refractivity contribution in [2.45, 2.75) is 57.4 Å². The van der Waals surface area contributed by atoms with E-state index in [2.05, 4.69) is 42.3 Å². The molecule has 0 spiro atoms. The molecule has 0 radical (unpaired) electrons. The number of rotatable bonds is 2. The molecule has 0 unspecified atom stereocenters. The van der Waals surface area contributed by atoms with E-state index in [4.69, 9.17) is 10.7 Å². The van der Waals surface area contributed by atoms with Gasteiger partial charge in [0.2, 0.25) is 0 Å². The maximum absolute atomic E-state index is 6.01. The number of anilines is 1. The molecule has 1 saturated heterocycles. The van der Waals surface area contributed by atoms with Gasteiger partial charge < -0.3 is 10.6 Å². The first-order valence-corrected chi connectivity index (χ1v) is 10.0. The van der Waals surface area contributed by atoms with E-state index in [1.807, 2.05) is 0 Å². The highest BCUT2D eigenvalue weighted by molar-refractivity contribution is 7.14. The summed E-state index contributed by atoms with van der Waals surface area (Å²) in [5, 5.41) is 3.36. The van der Waals surface area contributed by atoms with Gasteiger partial charge in [0.05, 0.1) is 5.69 Å². The molecule has 1 aromatic carbocycles. The van der Waals surface area contributed by atoms with Crippen molar-refractivity contribution in [3.05, 3.63) is 34.7 Å². The van der Waals surface area contributed by atoms with Gasteiger partial charge in [0.15, 0.2) is 5.13 Å². The Bertz CT molecular complexity index is 726. The third kappa shape index (κ3) is 2.98. The van der Waals surface area contributed by atoms with Crippen LogP contribution in [0.25, 0.3) is 11.3 Å². The highest BCUT2D eigenvalue weighted by Gasteiger charge is 2.27. The molecule has 0 amide bonds. The number of nitrogens with two attached hydrogens (primary N) is 1. The molecule has 128 valence electrons. The lowest BCUT2D eigenvalue weighted by atomic mass is 9.72. The molecular formula is C20H27N3S. The minimum atomic E-state index is 0.311. The molecule has 1 fully saturated rings. The van der Waals surface area contributed by atoms with Crippen LogP contribution in [0.5, 0.6) is 0 Å². The summed E-state index contributed by atoms with van der Waals surface area (Å²) >= 11 is 1.76. The van der Waals surface area contributed by atoms with E-state index >= 15 is 0 Å². The smallest absolute Gasteiger partial charge is 0.185 e. The first-order valence-electron chi connectivity index (χ1n) is 9.13. The molecule has 0 bridgehead atoms. The van der Waals surface area contributed by atoms with Crippen LogP contribution < -0.4 is 10.6 Å². The SMILES string of the molecule is CC1(C)CCCc2cc(-c3csc(N4CCC(N)CC4)n3)ccc21. The lowest BCUT2D eigenvalue weighted by molar-refractivity contribution is 0.432. The molecular weight excluding hydrogens is 314 g/mol. The van der Waals surface area contributed by atoms with E-state index in [-0.39, 0.29) is 0 Å². The van der Waals surface area contributed by atoms with E-state index in [0.717, 1.165) is 36.8 Å². The number of hydrogen-bond donors (Lipinski definition) is 1. The zero-order chi connectivity index (χ0) is 16.7. The Balaban J connectivity index is 1.59. The number of nitrogens with zero attached hydrogens (tertiary/aromatic N) is 2. The van der Waals surface area contributed by atoms with Gasteiger partial charge in [0.1, 0.15) is 0 Å². The Labute approximate surface area is 148 Å². The fraction of sp³-hybridized carbons (Fsp3) is 0.550. The van der Waals surface area contributed by atoms with Crippen LogP contribution in [0.2, 0.25) is 0 Å². The van der Waals surface area contributed by atoms with Crippen molar-refractivity contribution in [1.29, 1.82) is 0 Å². The quantitative estimate of drug-likeness (QED) is 0.883. The van der Waals surface area contributed by atoms with Crippen molar-refractivity contribution in [1.82, 2.24) is 4.98 Å². The monoisotopic (exact) mass is 341 g/mol. The summed E-state index contributed by atoms with van der Waals surface area (Å²) in [4.78, 5) is 7.31. The molecule has 2 heterocycles. The van der Waals surface area contributed by atoms with Gasteiger partial charge in [-0.2, -0.15) is 0 Å². The fourth-order valence-electron chi connectivity index (χ4n) is 4.11. The second-order valence-corrected chi connectivity index (χ2v) is 8.79. The molecule has 0 atom stereocenters. The van der Waals surface area contributed by atoms with Crippen LogP contribution in [0, 0.1) is 0 Å². The van der Waals surface area contributed by atoms with Crippen molar-refractivity contribution in [2.24, 2.45) is 5.73 Å². The molecule has 4 heteroatoms. The van der Waals surface area contributed by atoms with E-state index in [9.17, 15) is 0 Å².